The molecule has 10 heavy (non-hydrogen) atoms. The minimum Gasteiger partial charge on any atom is -0.396 e. The van der Waals surface area contributed by atoms with Crippen LogP contribution in [0.1, 0.15) is 26.2 Å². The molecule has 1 aliphatic carbocycles. The van der Waals surface area contributed by atoms with E-state index in [1.807, 2.05) is 0 Å². The van der Waals surface area contributed by atoms with Gasteiger partial charge in [0.1, 0.15) is 0 Å². The van der Waals surface area contributed by atoms with Crippen LogP contribution in [0.2, 0.25) is 0 Å². The predicted octanol–water partition coefficient (Wildman–Crippen LogP) is 0.744. The second kappa shape index (κ2) is 2.89. The third-order valence-corrected chi connectivity index (χ3v) is 2.92. The molecule has 2 heteroatoms. The van der Waals surface area contributed by atoms with Crippen molar-refractivity contribution in [2.45, 2.75) is 26.2 Å². The Labute approximate surface area is 62.4 Å². The lowest BCUT2D eigenvalue weighted by atomic mass is 9.67. The van der Waals surface area contributed by atoms with E-state index >= 15 is 0 Å². The minimum absolute atomic E-state index is 0.0122. The zero-order valence-electron chi connectivity index (χ0n) is 6.64. The van der Waals surface area contributed by atoms with Crippen LogP contribution in [0.15, 0.2) is 0 Å². The smallest absolute Gasteiger partial charge is 0.0499 e. The molecule has 0 saturated heterocycles. The minimum atomic E-state index is 0.0122. The Morgan fingerprint density at radius 1 is 1.60 bits per heavy atom. The first-order valence-corrected chi connectivity index (χ1v) is 4.04. The summed E-state index contributed by atoms with van der Waals surface area (Å²) in [5.41, 5.74) is 5.58. The topological polar surface area (TPSA) is 46.2 Å². The maximum Gasteiger partial charge on any atom is 0.0499 e. The molecule has 0 amide bonds. The van der Waals surface area contributed by atoms with Gasteiger partial charge < -0.3 is 10.8 Å². The van der Waals surface area contributed by atoms with Crippen LogP contribution in [0.4, 0.5) is 0 Å². The summed E-state index contributed by atoms with van der Waals surface area (Å²) in [4.78, 5) is 0. The summed E-state index contributed by atoms with van der Waals surface area (Å²) in [6.07, 6.45) is 3.84. The van der Waals surface area contributed by atoms with E-state index in [-0.39, 0.29) is 12.0 Å². The third-order valence-electron chi connectivity index (χ3n) is 2.92. The molecule has 3 N–H and O–H groups in total. The molecular formula is C8H17NO. The second-order valence-electron chi connectivity index (χ2n) is 3.64. The van der Waals surface area contributed by atoms with Gasteiger partial charge in [-0.25, -0.2) is 0 Å². The lowest BCUT2D eigenvalue weighted by Gasteiger charge is -2.40. The van der Waals surface area contributed by atoms with Gasteiger partial charge in [0.15, 0.2) is 0 Å². The monoisotopic (exact) mass is 143 g/mol. The zero-order chi connectivity index (χ0) is 7.61. The summed E-state index contributed by atoms with van der Waals surface area (Å²) < 4.78 is 0. The van der Waals surface area contributed by atoms with Crippen LogP contribution in [0, 0.1) is 11.3 Å². The van der Waals surface area contributed by atoms with E-state index in [9.17, 15) is 0 Å². The van der Waals surface area contributed by atoms with E-state index in [2.05, 4.69) is 6.92 Å². The van der Waals surface area contributed by atoms with Gasteiger partial charge in [-0.3, -0.25) is 0 Å². The first-order valence-electron chi connectivity index (χ1n) is 4.04. The first-order chi connectivity index (χ1) is 4.73. The molecule has 1 saturated carbocycles. The quantitative estimate of drug-likeness (QED) is 0.612. The molecule has 0 bridgehead atoms. The van der Waals surface area contributed by atoms with Crippen molar-refractivity contribution < 1.29 is 5.11 Å². The fourth-order valence-electron chi connectivity index (χ4n) is 1.47. The Kier molecular flexibility index (Phi) is 2.32. The fourth-order valence-corrected chi connectivity index (χ4v) is 1.47. The van der Waals surface area contributed by atoms with Crippen molar-refractivity contribution in [2.24, 2.45) is 17.1 Å². The average molecular weight is 143 g/mol. The molecule has 0 heterocycles. The van der Waals surface area contributed by atoms with Crippen molar-refractivity contribution in [1.29, 1.82) is 0 Å². The molecule has 0 radical (unpaired) electrons. The molecule has 0 aromatic heterocycles. The molecule has 1 atom stereocenters. The number of hydrogen-bond acceptors (Lipinski definition) is 2. The SMILES string of the molecule is CC(CN)(CO)C1CCC1. The molecular weight excluding hydrogens is 126 g/mol. The number of hydrogen-bond donors (Lipinski definition) is 2. The number of nitrogens with two attached hydrogens (primary N) is 1. The van der Waals surface area contributed by atoms with Crippen molar-refractivity contribution in [3.8, 4) is 0 Å². The van der Waals surface area contributed by atoms with Gasteiger partial charge in [0.05, 0.1) is 0 Å². The number of rotatable bonds is 3. The standard InChI is InChI=1S/C8H17NO/c1-8(5-9,6-10)7-3-2-4-7/h7,10H,2-6,9H2,1H3. The van der Waals surface area contributed by atoms with Crippen LogP contribution in [0.3, 0.4) is 0 Å². The molecule has 1 rings (SSSR count). The molecule has 0 spiro atoms. The van der Waals surface area contributed by atoms with Crippen molar-refractivity contribution in [3.63, 3.8) is 0 Å². The summed E-state index contributed by atoms with van der Waals surface area (Å²) in [7, 11) is 0. The molecule has 0 aromatic rings. The van der Waals surface area contributed by atoms with Gasteiger partial charge in [-0.05, 0) is 18.8 Å². The maximum absolute atomic E-state index is 9.04. The maximum atomic E-state index is 9.04. The normalized spacial score (nSPS) is 25.5. The van der Waals surface area contributed by atoms with Crippen molar-refractivity contribution >= 4 is 0 Å². The molecule has 1 unspecified atom stereocenters. The van der Waals surface area contributed by atoms with Crippen LogP contribution in [0.5, 0.6) is 0 Å². The molecule has 1 fully saturated rings. The molecule has 0 aromatic carbocycles. The molecule has 2 nitrogen and oxygen atoms in total. The Hall–Kier alpha value is -0.0800. The van der Waals surface area contributed by atoms with Crippen molar-refractivity contribution in [2.75, 3.05) is 13.2 Å². The molecule has 60 valence electrons. The van der Waals surface area contributed by atoms with E-state index in [0.29, 0.717) is 12.5 Å². The lowest BCUT2D eigenvalue weighted by Crippen LogP contribution is -2.41. The Morgan fingerprint density at radius 3 is 2.30 bits per heavy atom. The molecule has 0 aliphatic heterocycles. The van der Waals surface area contributed by atoms with Gasteiger partial charge in [-0.1, -0.05) is 13.3 Å². The van der Waals surface area contributed by atoms with E-state index in [1.165, 1.54) is 19.3 Å². The van der Waals surface area contributed by atoms with E-state index < -0.39 is 0 Å². The highest BCUT2D eigenvalue weighted by Crippen LogP contribution is 2.40. The van der Waals surface area contributed by atoms with Gasteiger partial charge in [-0.15, -0.1) is 0 Å². The van der Waals surface area contributed by atoms with E-state index in [4.69, 9.17) is 10.8 Å². The summed E-state index contributed by atoms with van der Waals surface area (Å²) in [5, 5.41) is 9.04. The van der Waals surface area contributed by atoms with E-state index in [0.717, 1.165) is 0 Å². The summed E-state index contributed by atoms with van der Waals surface area (Å²) >= 11 is 0. The van der Waals surface area contributed by atoms with Crippen LogP contribution in [-0.4, -0.2) is 18.3 Å². The Bertz CT molecular complexity index is 106. The zero-order valence-corrected chi connectivity index (χ0v) is 6.64. The van der Waals surface area contributed by atoms with Gasteiger partial charge >= 0.3 is 0 Å². The third kappa shape index (κ3) is 1.18. The summed E-state index contributed by atoms with van der Waals surface area (Å²) in [6.45, 7) is 2.94. The van der Waals surface area contributed by atoms with Crippen molar-refractivity contribution in [1.82, 2.24) is 0 Å². The van der Waals surface area contributed by atoms with E-state index in [1.54, 1.807) is 0 Å². The van der Waals surface area contributed by atoms with Gasteiger partial charge in [0, 0.05) is 18.6 Å². The van der Waals surface area contributed by atoms with Crippen LogP contribution < -0.4 is 5.73 Å². The summed E-state index contributed by atoms with van der Waals surface area (Å²) in [6, 6.07) is 0. The highest BCUT2D eigenvalue weighted by molar-refractivity contribution is 4.87. The van der Waals surface area contributed by atoms with Gasteiger partial charge in [-0.2, -0.15) is 0 Å². The van der Waals surface area contributed by atoms with Crippen LogP contribution in [-0.2, 0) is 0 Å². The molecule has 1 aliphatic rings. The highest BCUT2D eigenvalue weighted by Gasteiger charge is 2.35. The second-order valence-corrected chi connectivity index (χ2v) is 3.64. The lowest BCUT2D eigenvalue weighted by molar-refractivity contribution is 0.0419. The first kappa shape index (κ1) is 8.02. The van der Waals surface area contributed by atoms with Crippen molar-refractivity contribution in [3.05, 3.63) is 0 Å². The average Bonchev–Trinajstić information content (AvgIpc) is 1.84. The largest absolute Gasteiger partial charge is 0.396 e. The van der Waals surface area contributed by atoms with Gasteiger partial charge in [0.2, 0.25) is 0 Å². The Morgan fingerprint density at radius 2 is 2.20 bits per heavy atom. The number of aliphatic hydroxyl groups is 1. The Balaban J connectivity index is 2.44. The highest BCUT2D eigenvalue weighted by atomic mass is 16.3. The summed E-state index contributed by atoms with van der Waals surface area (Å²) in [5.74, 6) is 0.683. The fraction of sp³-hybridized carbons (Fsp3) is 1.00. The van der Waals surface area contributed by atoms with Crippen LogP contribution >= 0.6 is 0 Å². The number of aliphatic hydroxyl groups excluding tert-OH is 1. The predicted molar refractivity (Wildman–Crippen MR) is 41.6 cm³/mol. The van der Waals surface area contributed by atoms with Crippen LogP contribution in [0.25, 0.3) is 0 Å². The van der Waals surface area contributed by atoms with Gasteiger partial charge in [0.25, 0.3) is 0 Å².